The summed E-state index contributed by atoms with van der Waals surface area (Å²) in [4.78, 5) is 26.4. The van der Waals surface area contributed by atoms with Gasteiger partial charge in [-0.1, -0.05) is 43.2 Å². The number of rotatable bonds is 3. The second-order valence-electron chi connectivity index (χ2n) is 7.31. The molecule has 1 aromatic carbocycles. The van der Waals surface area contributed by atoms with Gasteiger partial charge in [0, 0.05) is 12.0 Å². The van der Waals surface area contributed by atoms with Gasteiger partial charge < -0.3 is 10.0 Å². The Bertz CT molecular complexity index is 614. The molecular formula is C19H23NO3. The van der Waals surface area contributed by atoms with E-state index in [2.05, 4.69) is 12.1 Å². The molecule has 3 aliphatic rings. The van der Waals surface area contributed by atoms with Gasteiger partial charge in [0.1, 0.15) is 6.04 Å². The van der Waals surface area contributed by atoms with Crippen LogP contribution in [0.15, 0.2) is 30.3 Å². The Kier molecular flexibility index (Phi) is 3.63. The number of hydrogen-bond donors (Lipinski definition) is 1. The fraction of sp³-hybridized carbons (Fsp3) is 0.579. The quantitative estimate of drug-likeness (QED) is 0.933. The van der Waals surface area contributed by atoms with E-state index in [4.69, 9.17) is 0 Å². The van der Waals surface area contributed by atoms with Gasteiger partial charge in [0.2, 0.25) is 5.91 Å². The van der Waals surface area contributed by atoms with Crippen molar-refractivity contribution in [2.75, 3.05) is 0 Å². The lowest BCUT2D eigenvalue weighted by atomic mass is 9.84. The van der Waals surface area contributed by atoms with Crippen LogP contribution in [0.2, 0.25) is 0 Å². The first-order valence-electron chi connectivity index (χ1n) is 8.76. The number of carbonyl (C=O) groups is 2. The summed E-state index contributed by atoms with van der Waals surface area (Å²) in [7, 11) is 0. The molecule has 2 aliphatic carbocycles. The number of likely N-dealkylation sites (tertiary alicyclic amines) is 1. The summed E-state index contributed by atoms with van der Waals surface area (Å²) in [6, 6.07) is 9.68. The lowest BCUT2D eigenvalue weighted by Crippen LogP contribution is -2.47. The Labute approximate surface area is 136 Å². The van der Waals surface area contributed by atoms with Gasteiger partial charge in [-0.15, -0.1) is 0 Å². The van der Waals surface area contributed by atoms with Crippen LogP contribution >= 0.6 is 0 Å². The van der Waals surface area contributed by atoms with Crippen LogP contribution in [0.1, 0.15) is 50.0 Å². The molecule has 1 heterocycles. The zero-order valence-corrected chi connectivity index (χ0v) is 13.2. The van der Waals surface area contributed by atoms with Crippen molar-refractivity contribution in [3.8, 4) is 0 Å². The molecule has 1 amide bonds. The molecule has 0 aromatic heterocycles. The topological polar surface area (TPSA) is 57.6 Å². The van der Waals surface area contributed by atoms with Crippen LogP contribution in [0.3, 0.4) is 0 Å². The minimum absolute atomic E-state index is 0.0140. The van der Waals surface area contributed by atoms with Crippen molar-refractivity contribution in [2.45, 2.75) is 56.5 Å². The molecular weight excluding hydrogens is 290 g/mol. The van der Waals surface area contributed by atoms with Crippen LogP contribution in [0, 0.1) is 11.8 Å². The third-order valence-electron chi connectivity index (χ3n) is 5.96. The lowest BCUT2D eigenvalue weighted by molar-refractivity contribution is -0.150. The number of nitrogens with zero attached hydrogens (tertiary/aromatic N) is 1. The van der Waals surface area contributed by atoms with Crippen molar-refractivity contribution in [2.24, 2.45) is 11.8 Å². The molecule has 2 saturated carbocycles. The van der Waals surface area contributed by atoms with Crippen LogP contribution in [0.4, 0.5) is 0 Å². The number of carboxylic acids is 1. The van der Waals surface area contributed by atoms with Gasteiger partial charge >= 0.3 is 5.97 Å². The van der Waals surface area contributed by atoms with Crippen molar-refractivity contribution >= 4 is 11.9 Å². The van der Waals surface area contributed by atoms with E-state index in [1.165, 1.54) is 12.0 Å². The van der Waals surface area contributed by atoms with Crippen molar-refractivity contribution < 1.29 is 14.7 Å². The summed E-state index contributed by atoms with van der Waals surface area (Å²) in [5, 5.41) is 9.57. The highest BCUT2D eigenvalue weighted by molar-refractivity contribution is 5.88. The van der Waals surface area contributed by atoms with Crippen molar-refractivity contribution in [1.29, 1.82) is 0 Å². The SMILES string of the molecule is O=C(O)[C@@H]1C[C@@H]2CCCC[C@@H]2N1C(=O)[C@@H]1C[C@H]1c1ccccc1. The molecule has 122 valence electrons. The lowest BCUT2D eigenvalue weighted by Gasteiger charge is -2.33. The van der Waals surface area contributed by atoms with Crippen LogP contribution < -0.4 is 0 Å². The van der Waals surface area contributed by atoms with Gasteiger partial charge in [0.25, 0.3) is 0 Å². The molecule has 1 N–H and O–H groups in total. The summed E-state index contributed by atoms with van der Waals surface area (Å²) in [6.45, 7) is 0. The number of fused-ring (bicyclic) bond motifs is 1. The van der Waals surface area contributed by atoms with E-state index in [1.54, 1.807) is 4.90 Å². The Morgan fingerprint density at radius 1 is 1.04 bits per heavy atom. The van der Waals surface area contributed by atoms with Crippen molar-refractivity contribution in [1.82, 2.24) is 4.90 Å². The van der Waals surface area contributed by atoms with Gasteiger partial charge in [-0.3, -0.25) is 4.79 Å². The number of benzene rings is 1. The summed E-state index contributed by atoms with van der Waals surface area (Å²) in [6.07, 6.45) is 5.85. The number of carbonyl (C=O) groups excluding carboxylic acids is 1. The molecule has 4 heteroatoms. The highest BCUT2D eigenvalue weighted by Gasteiger charge is 2.53. The van der Waals surface area contributed by atoms with Gasteiger partial charge in [-0.25, -0.2) is 4.79 Å². The van der Waals surface area contributed by atoms with Gasteiger partial charge in [-0.05, 0) is 43.1 Å². The molecule has 1 aromatic rings. The van der Waals surface area contributed by atoms with E-state index in [0.29, 0.717) is 12.3 Å². The summed E-state index contributed by atoms with van der Waals surface area (Å²) < 4.78 is 0. The second-order valence-corrected chi connectivity index (χ2v) is 7.31. The molecule has 0 bridgehead atoms. The van der Waals surface area contributed by atoms with Crippen LogP contribution in [-0.4, -0.2) is 34.0 Å². The molecule has 23 heavy (non-hydrogen) atoms. The predicted molar refractivity (Wildman–Crippen MR) is 85.9 cm³/mol. The average Bonchev–Trinajstić information content (AvgIpc) is 3.28. The Balaban J connectivity index is 1.53. The van der Waals surface area contributed by atoms with Crippen LogP contribution in [0.5, 0.6) is 0 Å². The summed E-state index contributed by atoms with van der Waals surface area (Å²) in [5.41, 5.74) is 1.21. The molecule has 3 fully saturated rings. The largest absolute Gasteiger partial charge is 0.480 e. The molecule has 4 rings (SSSR count). The molecule has 0 unspecified atom stereocenters. The zero-order valence-electron chi connectivity index (χ0n) is 13.2. The van der Waals surface area contributed by atoms with E-state index in [-0.39, 0.29) is 23.8 Å². The minimum atomic E-state index is -0.829. The molecule has 5 atom stereocenters. The van der Waals surface area contributed by atoms with Gasteiger partial charge in [-0.2, -0.15) is 0 Å². The first-order chi connectivity index (χ1) is 11.2. The Morgan fingerprint density at radius 2 is 1.78 bits per heavy atom. The molecule has 0 spiro atoms. The monoisotopic (exact) mass is 313 g/mol. The van der Waals surface area contributed by atoms with Crippen molar-refractivity contribution in [3.05, 3.63) is 35.9 Å². The Hall–Kier alpha value is -1.84. The van der Waals surface area contributed by atoms with Crippen LogP contribution in [0.25, 0.3) is 0 Å². The standard InChI is InChI=1S/C19H23NO3/c21-18(15-11-14(15)12-6-2-1-3-7-12)20-16-9-5-4-8-13(16)10-17(20)19(22)23/h1-3,6-7,13-17H,4-5,8-11H2,(H,22,23)/t13-,14-,15+,16-,17-/m0/s1. The van der Waals surface area contributed by atoms with E-state index in [1.807, 2.05) is 18.2 Å². The first kappa shape index (κ1) is 14.7. The maximum Gasteiger partial charge on any atom is 0.326 e. The predicted octanol–water partition coefficient (Wildman–Crippen LogP) is 3.03. The third-order valence-corrected chi connectivity index (χ3v) is 5.96. The van der Waals surface area contributed by atoms with E-state index in [9.17, 15) is 14.7 Å². The normalized spacial score (nSPS) is 35.7. The minimum Gasteiger partial charge on any atom is -0.480 e. The fourth-order valence-electron chi connectivity index (χ4n) is 4.73. The van der Waals surface area contributed by atoms with Gasteiger partial charge in [0.05, 0.1) is 0 Å². The second kappa shape index (κ2) is 5.66. The van der Waals surface area contributed by atoms with Gasteiger partial charge in [0.15, 0.2) is 0 Å². The number of aliphatic carboxylic acids is 1. The summed E-state index contributed by atoms with van der Waals surface area (Å²) in [5.74, 6) is -0.0891. The maximum absolute atomic E-state index is 13.0. The fourth-order valence-corrected chi connectivity index (χ4v) is 4.73. The average molecular weight is 313 g/mol. The summed E-state index contributed by atoms with van der Waals surface area (Å²) >= 11 is 0. The number of carboxylic acid groups (broad SMARTS) is 1. The van der Waals surface area contributed by atoms with Crippen LogP contribution in [-0.2, 0) is 9.59 Å². The maximum atomic E-state index is 13.0. The van der Waals surface area contributed by atoms with E-state index < -0.39 is 12.0 Å². The highest BCUT2D eigenvalue weighted by atomic mass is 16.4. The van der Waals surface area contributed by atoms with E-state index in [0.717, 1.165) is 25.7 Å². The molecule has 1 aliphatic heterocycles. The molecule has 1 saturated heterocycles. The molecule has 0 radical (unpaired) electrons. The highest BCUT2D eigenvalue weighted by Crippen LogP contribution is 2.51. The van der Waals surface area contributed by atoms with Crippen molar-refractivity contribution in [3.63, 3.8) is 0 Å². The number of amides is 1. The van der Waals surface area contributed by atoms with E-state index >= 15 is 0 Å². The first-order valence-corrected chi connectivity index (χ1v) is 8.76. The third kappa shape index (κ3) is 2.54. The zero-order chi connectivity index (χ0) is 16.0. The molecule has 4 nitrogen and oxygen atoms in total. The number of hydrogen-bond acceptors (Lipinski definition) is 2. The smallest absolute Gasteiger partial charge is 0.326 e. The Morgan fingerprint density at radius 3 is 2.52 bits per heavy atom.